The summed E-state index contributed by atoms with van der Waals surface area (Å²) >= 11 is 0. The maximum absolute atomic E-state index is 13.3. The van der Waals surface area contributed by atoms with Crippen molar-refractivity contribution in [3.05, 3.63) is 52.1 Å². The molecule has 0 atom stereocenters. The zero-order valence-electron chi connectivity index (χ0n) is 16.0. The van der Waals surface area contributed by atoms with E-state index in [1.54, 1.807) is 37.5 Å². The lowest BCUT2D eigenvalue weighted by atomic mass is 10.1. The van der Waals surface area contributed by atoms with Crippen molar-refractivity contribution in [1.29, 1.82) is 0 Å². The average molecular weight is 415 g/mol. The fraction of sp³-hybridized carbons (Fsp3) is 0.263. The van der Waals surface area contributed by atoms with Crippen LogP contribution in [0.2, 0.25) is 0 Å². The molecule has 0 saturated carbocycles. The fourth-order valence-electron chi connectivity index (χ4n) is 3.27. The largest absolute Gasteiger partial charge is 0.506 e. The molecule has 3 aromatic heterocycles. The van der Waals surface area contributed by atoms with E-state index in [2.05, 4.69) is 19.7 Å². The number of aromatic hydroxyl groups is 1. The molecule has 0 radical (unpaired) electrons. The van der Waals surface area contributed by atoms with E-state index in [1.165, 1.54) is 4.57 Å². The zero-order chi connectivity index (χ0) is 20.8. The first-order valence-corrected chi connectivity index (χ1v) is 10.7. The summed E-state index contributed by atoms with van der Waals surface area (Å²) in [6.45, 7) is 4.19. The Bertz CT molecular complexity index is 1210. The van der Waals surface area contributed by atoms with Gasteiger partial charge >= 0.3 is 0 Å². The highest BCUT2D eigenvalue weighted by molar-refractivity contribution is 8.23. The van der Waals surface area contributed by atoms with E-state index in [0.717, 1.165) is 18.4 Å². The Hall–Kier alpha value is -2.95. The number of aromatic nitrogens is 3. The molecule has 0 saturated heterocycles. The van der Waals surface area contributed by atoms with E-state index in [1.807, 2.05) is 6.92 Å². The predicted octanol–water partition coefficient (Wildman–Crippen LogP) is 3.50. The molecule has 1 aliphatic rings. The smallest absolute Gasteiger partial charge is 0.267 e. The highest BCUT2D eigenvalue weighted by Gasteiger charge is 2.31. The number of anilines is 1. The van der Waals surface area contributed by atoms with Gasteiger partial charge < -0.3 is 10.4 Å². The molecule has 152 valence electrons. The molecule has 0 bridgehead atoms. The molecule has 29 heavy (non-hydrogen) atoms. The molecule has 0 aliphatic carbocycles. The number of unbranched alkanes of at least 4 members (excludes halogenated alkanes) is 1. The SMILES string of the molecule is CCCCn1c(=O)c(C2=NS(O)(O)c3cc(C)cnc3N2)c(O)c2cccnc21. The van der Waals surface area contributed by atoms with E-state index < -0.39 is 16.3 Å². The number of hydrogen-bond acceptors (Lipinski definition) is 8. The number of pyridine rings is 3. The summed E-state index contributed by atoms with van der Waals surface area (Å²) in [5.74, 6) is -0.263. The molecule has 0 fully saturated rings. The summed E-state index contributed by atoms with van der Waals surface area (Å²) in [6.07, 6.45) is 4.73. The summed E-state index contributed by atoms with van der Waals surface area (Å²) in [5, 5.41) is 14.1. The van der Waals surface area contributed by atoms with Crippen LogP contribution in [-0.4, -0.2) is 34.6 Å². The monoisotopic (exact) mass is 415 g/mol. The minimum atomic E-state index is -3.59. The lowest BCUT2D eigenvalue weighted by Gasteiger charge is -2.33. The van der Waals surface area contributed by atoms with Gasteiger partial charge in [-0.25, -0.2) is 9.97 Å². The van der Waals surface area contributed by atoms with Gasteiger partial charge in [-0.1, -0.05) is 24.1 Å². The lowest BCUT2D eigenvalue weighted by molar-refractivity contribution is 0.476. The van der Waals surface area contributed by atoms with Crippen LogP contribution in [0.15, 0.2) is 44.7 Å². The first-order chi connectivity index (χ1) is 13.8. The summed E-state index contributed by atoms with van der Waals surface area (Å²) in [5.41, 5.74) is 0.448. The third kappa shape index (κ3) is 3.24. The van der Waals surface area contributed by atoms with Crippen molar-refractivity contribution in [2.45, 2.75) is 38.1 Å². The number of fused-ring (bicyclic) bond motifs is 2. The van der Waals surface area contributed by atoms with Gasteiger partial charge in [-0.05, 0) is 37.1 Å². The topological polar surface area (TPSA) is 133 Å². The Morgan fingerprint density at radius 2 is 2.07 bits per heavy atom. The van der Waals surface area contributed by atoms with Crippen LogP contribution in [0.1, 0.15) is 30.9 Å². The summed E-state index contributed by atoms with van der Waals surface area (Å²) in [4.78, 5) is 21.8. The van der Waals surface area contributed by atoms with Gasteiger partial charge in [0, 0.05) is 18.9 Å². The second kappa shape index (κ2) is 7.14. The van der Waals surface area contributed by atoms with Crippen molar-refractivity contribution < 1.29 is 14.2 Å². The zero-order valence-corrected chi connectivity index (χ0v) is 16.8. The molecular weight excluding hydrogens is 394 g/mol. The van der Waals surface area contributed by atoms with Crippen LogP contribution in [0.4, 0.5) is 5.82 Å². The molecule has 1 aliphatic heterocycles. The van der Waals surface area contributed by atoms with Gasteiger partial charge in [0.1, 0.15) is 21.9 Å². The van der Waals surface area contributed by atoms with Crippen LogP contribution < -0.4 is 10.9 Å². The van der Waals surface area contributed by atoms with Gasteiger partial charge in [-0.2, -0.15) is 0 Å². The molecule has 0 unspecified atom stereocenters. The maximum Gasteiger partial charge on any atom is 0.267 e. The quantitative estimate of drug-likeness (QED) is 0.512. The Morgan fingerprint density at radius 3 is 2.83 bits per heavy atom. The number of hydrogen-bond donors (Lipinski definition) is 4. The standard InChI is InChI=1S/C19H21N5O4S/c1-3-4-8-24-18-12(6-5-7-20-18)15(25)14(19(24)26)17-22-16-13(29(27,28)23-17)9-11(2)10-21-16/h5-7,9-10,25,27-28H,3-4,8H2,1-2H3,(H,21,22,23). The van der Waals surface area contributed by atoms with Gasteiger partial charge in [0.2, 0.25) is 0 Å². The minimum absolute atomic E-state index is 0.132. The molecule has 4 heterocycles. The second-order valence-corrected chi connectivity index (χ2v) is 8.51. The molecule has 9 nitrogen and oxygen atoms in total. The lowest BCUT2D eigenvalue weighted by Crippen LogP contribution is -2.32. The van der Waals surface area contributed by atoms with Crippen molar-refractivity contribution in [2.75, 3.05) is 5.32 Å². The Morgan fingerprint density at radius 1 is 1.28 bits per heavy atom. The second-order valence-electron chi connectivity index (χ2n) is 6.85. The van der Waals surface area contributed by atoms with E-state index in [9.17, 15) is 19.0 Å². The summed E-state index contributed by atoms with van der Waals surface area (Å²) in [7, 11) is -3.59. The maximum atomic E-state index is 13.3. The molecule has 0 amide bonds. The number of aryl methyl sites for hydroxylation is 2. The van der Waals surface area contributed by atoms with E-state index in [0.29, 0.717) is 17.6 Å². The molecule has 0 aromatic carbocycles. The van der Waals surface area contributed by atoms with Crippen LogP contribution in [0.3, 0.4) is 0 Å². The first-order valence-electron chi connectivity index (χ1n) is 9.16. The number of amidine groups is 1. The first kappa shape index (κ1) is 19.4. The number of nitrogens with one attached hydrogen (secondary N) is 1. The number of nitrogens with zero attached hydrogens (tertiary/aromatic N) is 4. The van der Waals surface area contributed by atoms with E-state index >= 15 is 0 Å². The van der Waals surface area contributed by atoms with Crippen molar-refractivity contribution in [1.82, 2.24) is 14.5 Å². The van der Waals surface area contributed by atoms with Crippen molar-refractivity contribution in [3.8, 4) is 5.75 Å². The third-order valence-electron chi connectivity index (χ3n) is 4.71. The van der Waals surface area contributed by atoms with Gasteiger partial charge in [-0.15, -0.1) is 4.40 Å². The van der Waals surface area contributed by atoms with Gasteiger partial charge in [0.25, 0.3) is 5.56 Å². The molecule has 3 aromatic rings. The van der Waals surface area contributed by atoms with Crippen molar-refractivity contribution in [3.63, 3.8) is 0 Å². The van der Waals surface area contributed by atoms with Crippen molar-refractivity contribution in [2.24, 2.45) is 4.40 Å². The Labute approximate surface area is 168 Å². The Kier molecular flexibility index (Phi) is 4.77. The molecular formula is C19H21N5O4S. The predicted molar refractivity (Wildman–Crippen MR) is 113 cm³/mol. The third-order valence-corrected chi connectivity index (χ3v) is 6.04. The summed E-state index contributed by atoms with van der Waals surface area (Å²) < 4.78 is 26.6. The fourth-order valence-corrected chi connectivity index (χ4v) is 4.46. The molecule has 0 spiro atoms. The van der Waals surface area contributed by atoms with Crippen LogP contribution in [0, 0.1) is 6.92 Å². The van der Waals surface area contributed by atoms with Crippen LogP contribution in [-0.2, 0) is 6.54 Å². The van der Waals surface area contributed by atoms with Crippen LogP contribution in [0.25, 0.3) is 11.0 Å². The van der Waals surface area contributed by atoms with E-state index in [4.69, 9.17) is 0 Å². The normalized spacial score (nSPS) is 16.1. The van der Waals surface area contributed by atoms with Gasteiger partial charge in [0.05, 0.1) is 5.39 Å². The highest BCUT2D eigenvalue weighted by atomic mass is 32.3. The van der Waals surface area contributed by atoms with E-state index in [-0.39, 0.29) is 27.9 Å². The highest BCUT2D eigenvalue weighted by Crippen LogP contribution is 2.55. The molecule has 4 rings (SSSR count). The number of rotatable bonds is 4. The Balaban J connectivity index is 1.96. The summed E-state index contributed by atoms with van der Waals surface area (Å²) in [6, 6.07) is 4.89. The van der Waals surface area contributed by atoms with Gasteiger partial charge in [0.15, 0.2) is 11.7 Å². The van der Waals surface area contributed by atoms with Gasteiger partial charge in [-0.3, -0.25) is 18.5 Å². The van der Waals surface area contributed by atoms with Crippen LogP contribution in [0.5, 0.6) is 5.75 Å². The molecule has 4 N–H and O–H groups in total. The molecule has 10 heteroatoms. The average Bonchev–Trinajstić information content (AvgIpc) is 2.68. The van der Waals surface area contributed by atoms with Crippen molar-refractivity contribution >= 4 is 33.5 Å². The minimum Gasteiger partial charge on any atom is -0.506 e. The van der Waals surface area contributed by atoms with Crippen LogP contribution >= 0.6 is 10.8 Å².